The normalized spacial score (nSPS) is 12.9. The maximum Gasteiger partial charge on any atom is 0.322 e. The number of sulfonamides is 1. The molecule has 0 radical (unpaired) electrons. The fourth-order valence-electron chi connectivity index (χ4n) is 1.43. The van der Waals surface area contributed by atoms with Crippen LogP contribution in [0.2, 0.25) is 5.02 Å². The fraction of sp³-hybridized carbons (Fsp3) is 0.273. The summed E-state index contributed by atoms with van der Waals surface area (Å²) in [7, 11) is -4.22. The highest BCUT2D eigenvalue weighted by Crippen LogP contribution is 2.22. The highest BCUT2D eigenvalue weighted by molar-refractivity contribution is 7.89. The first-order valence-electron chi connectivity index (χ1n) is 5.36. The second-order valence-corrected chi connectivity index (χ2v) is 6.13. The first-order valence-corrected chi connectivity index (χ1v) is 7.22. The Kier molecular flexibility index (Phi) is 5.09. The van der Waals surface area contributed by atoms with E-state index < -0.39 is 34.4 Å². The largest absolute Gasteiger partial charge is 0.481 e. The Balaban J connectivity index is 3.09. The van der Waals surface area contributed by atoms with Gasteiger partial charge in [-0.05, 0) is 24.6 Å². The molecule has 1 aromatic rings. The molecule has 1 atom stereocenters. The van der Waals surface area contributed by atoms with Crippen LogP contribution in [0, 0.1) is 6.92 Å². The molecule has 0 bridgehead atoms. The zero-order chi connectivity index (χ0) is 15.5. The van der Waals surface area contributed by atoms with Crippen LogP contribution in [0.1, 0.15) is 12.0 Å². The van der Waals surface area contributed by atoms with E-state index in [0.29, 0.717) is 0 Å². The van der Waals surface area contributed by atoms with Crippen LogP contribution in [0.15, 0.2) is 23.1 Å². The summed E-state index contributed by atoms with van der Waals surface area (Å²) in [5.74, 6) is -3.02. The monoisotopic (exact) mass is 321 g/mol. The Bertz CT molecular complexity index is 642. The number of rotatable bonds is 6. The van der Waals surface area contributed by atoms with Crippen molar-refractivity contribution in [3.05, 3.63) is 28.8 Å². The molecule has 7 nitrogen and oxygen atoms in total. The zero-order valence-corrected chi connectivity index (χ0v) is 11.9. The van der Waals surface area contributed by atoms with Gasteiger partial charge < -0.3 is 10.2 Å². The molecule has 0 fully saturated rings. The second kappa shape index (κ2) is 6.21. The molecular weight excluding hydrogens is 310 g/mol. The molecule has 0 unspecified atom stereocenters. The van der Waals surface area contributed by atoms with Crippen LogP contribution in [0.25, 0.3) is 0 Å². The molecule has 1 aromatic carbocycles. The number of carboxylic acid groups (broad SMARTS) is 2. The summed E-state index contributed by atoms with van der Waals surface area (Å²) in [6.07, 6.45) is -0.877. The maximum atomic E-state index is 12.0. The van der Waals surface area contributed by atoms with Gasteiger partial charge in [0, 0.05) is 0 Å². The highest BCUT2D eigenvalue weighted by atomic mass is 35.5. The van der Waals surface area contributed by atoms with E-state index in [1.165, 1.54) is 18.2 Å². The standard InChI is InChI=1S/C11H12ClNO6S/c1-6-2-3-9(7(12)4-6)20(18,19)13-8(11(16)17)5-10(14)15/h2-4,8,13H,5H2,1H3,(H,14,15)(H,16,17)/t8-/m0/s1. The number of aliphatic carboxylic acids is 2. The van der Waals surface area contributed by atoms with Gasteiger partial charge >= 0.3 is 11.9 Å². The molecule has 9 heteroatoms. The van der Waals surface area contributed by atoms with Crippen molar-refractivity contribution >= 4 is 33.6 Å². The van der Waals surface area contributed by atoms with Crippen molar-refractivity contribution in [1.29, 1.82) is 0 Å². The lowest BCUT2D eigenvalue weighted by molar-refractivity contribution is -0.145. The molecule has 0 aliphatic rings. The Morgan fingerprint density at radius 1 is 1.35 bits per heavy atom. The lowest BCUT2D eigenvalue weighted by atomic mass is 10.2. The van der Waals surface area contributed by atoms with Gasteiger partial charge in [-0.2, -0.15) is 4.72 Å². The number of hydrogen-bond acceptors (Lipinski definition) is 4. The van der Waals surface area contributed by atoms with E-state index in [0.717, 1.165) is 5.56 Å². The minimum Gasteiger partial charge on any atom is -0.481 e. The molecule has 0 aliphatic carbocycles. The van der Waals surface area contributed by atoms with Gasteiger partial charge in [0.05, 0.1) is 11.4 Å². The van der Waals surface area contributed by atoms with Crippen LogP contribution in [0.3, 0.4) is 0 Å². The molecule has 0 amide bonds. The van der Waals surface area contributed by atoms with E-state index in [4.69, 9.17) is 21.8 Å². The first kappa shape index (κ1) is 16.4. The SMILES string of the molecule is Cc1ccc(S(=O)(=O)N[C@@H](CC(=O)O)C(=O)O)c(Cl)c1. The van der Waals surface area contributed by atoms with Crippen LogP contribution in [-0.2, 0) is 19.6 Å². The molecule has 0 aromatic heterocycles. The minimum absolute atomic E-state index is 0.0723. The number of hydrogen-bond donors (Lipinski definition) is 3. The third-order valence-corrected chi connectivity index (χ3v) is 4.31. The molecule has 0 saturated heterocycles. The van der Waals surface area contributed by atoms with Gasteiger partial charge in [0.2, 0.25) is 10.0 Å². The molecular formula is C11H12ClNO6S. The molecule has 110 valence electrons. The van der Waals surface area contributed by atoms with E-state index in [2.05, 4.69) is 0 Å². The van der Waals surface area contributed by atoms with Crippen LogP contribution in [0.4, 0.5) is 0 Å². The summed E-state index contributed by atoms with van der Waals surface area (Å²) in [6.45, 7) is 1.71. The summed E-state index contributed by atoms with van der Waals surface area (Å²) in [5.41, 5.74) is 0.731. The summed E-state index contributed by atoms with van der Waals surface area (Å²) >= 11 is 5.80. The first-order chi connectivity index (χ1) is 9.13. The number of halogens is 1. The van der Waals surface area contributed by atoms with Crippen molar-refractivity contribution in [2.45, 2.75) is 24.3 Å². The lowest BCUT2D eigenvalue weighted by Crippen LogP contribution is -2.42. The summed E-state index contributed by atoms with van der Waals surface area (Å²) in [5, 5.41) is 17.3. The Morgan fingerprint density at radius 2 is 1.95 bits per heavy atom. The van der Waals surface area contributed by atoms with Crippen molar-refractivity contribution in [1.82, 2.24) is 4.72 Å². The molecule has 20 heavy (non-hydrogen) atoms. The van der Waals surface area contributed by atoms with Gasteiger partial charge in [0.15, 0.2) is 0 Å². The molecule has 1 rings (SSSR count). The number of nitrogens with one attached hydrogen (secondary N) is 1. The highest BCUT2D eigenvalue weighted by Gasteiger charge is 2.28. The van der Waals surface area contributed by atoms with Gasteiger partial charge in [-0.25, -0.2) is 8.42 Å². The molecule has 0 saturated carbocycles. The van der Waals surface area contributed by atoms with Crippen LogP contribution < -0.4 is 4.72 Å². The van der Waals surface area contributed by atoms with E-state index in [1.807, 2.05) is 4.72 Å². The quantitative estimate of drug-likeness (QED) is 0.714. The molecule has 0 heterocycles. The van der Waals surface area contributed by atoms with Gasteiger partial charge in [-0.15, -0.1) is 0 Å². The van der Waals surface area contributed by atoms with Crippen molar-refractivity contribution in [2.75, 3.05) is 0 Å². The third-order valence-electron chi connectivity index (χ3n) is 2.35. The van der Waals surface area contributed by atoms with Gasteiger partial charge in [0.25, 0.3) is 0 Å². The molecule has 0 spiro atoms. The number of aryl methyl sites for hydroxylation is 1. The smallest absolute Gasteiger partial charge is 0.322 e. The Morgan fingerprint density at radius 3 is 2.40 bits per heavy atom. The zero-order valence-electron chi connectivity index (χ0n) is 10.3. The van der Waals surface area contributed by atoms with E-state index in [-0.39, 0.29) is 9.92 Å². The Labute approximate surface area is 120 Å². The summed E-state index contributed by atoms with van der Waals surface area (Å²) in [4.78, 5) is 21.1. The average Bonchev–Trinajstić information content (AvgIpc) is 2.26. The number of carbonyl (C=O) groups is 2. The lowest BCUT2D eigenvalue weighted by Gasteiger charge is -2.14. The maximum absolute atomic E-state index is 12.0. The predicted octanol–water partition coefficient (Wildman–Crippen LogP) is 0.855. The predicted molar refractivity (Wildman–Crippen MR) is 70.2 cm³/mol. The number of benzene rings is 1. The summed E-state index contributed by atoms with van der Waals surface area (Å²) < 4.78 is 25.8. The van der Waals surface area contributed by atoms with Gasteiger partial charge in [-0.3, -0.25) is 9.59 Å². The van der Waals surface area contributed by atoms with Crippen molar-refractivity contribution < 1.29 is 28.2 Å². The van der Waals surface area contributed by atoms with Gasteiger partial charge in [0.1, 0.15) is 10.9 Å². The van der Waals surface area contributed by atoms with Crippen LogP contribution in [-0.4, -0.2) is 36.6 Å². The van der Waals surface area contributed by atoms with Crippen molar-refractivity contribution in [3.63, 3.8) is 0 Å². The second-order valence-electron chi connectivity index (χ2n) is 4.04. The van der Waals surface area contributed by atoms with E-state index >= 15 is 0 Å². The topological polar surface area (TPSA) is 121 Å². The molecule has 0 aliphatic heterocycles. The van der Waals surface area contributed by atoms with Crippen LogP contribution in [0.5, 0.6) is 0 Å². The number of carboxylic acids is 2. The average molecular weight is 322 g/mol. The fourth-order valence-corrected chi connectivity index (χ4v) is 3.22. The Hall–Kier alpha value is -1.64. The minimum atomic E-state index is -4.22. The molecule has 3 N–H and O–H groups in total. The van der Waals surface area contributed by atoms with E-state index in [1.54, 1.807) is 6.92 Å². The van der Waals surface area contributed by atoms with E-state index in [9.17, 15) is 18.0 Å². The van der Waals surface area contributed by atoms with Crippen LogP contribution >= 0.6 is 11.6 Å². The third kappa shape index (κ3) is 4.19. The summed E-state index contributed by atoms with van der Waals surface area (Å²) in [6, 6.07) is 2.35. The van der Waals surface area contributed by atoms with Gasteiger partial charge in [-0.1, -0.05) is 17.7 Å². The van der Waals surface area contributed by atoms with Crippen molar-refractivity contribution in [2.24, 2.45) is 0 Å². The van der Waals surface area contributed by atoms with Crippen molar-refractivity contribution in [3.8, 4) is 0 Å².